The molecule has 11 heteroatoms. The number of hydrogen-bond donors (Lipinski definition) is 2. The number of nitrogen functional groups attached to an aromatic ring is 1. The number of rotatable bonds is 11. The van der Waals surface area contributed by atoms with Crippen LogP contribution in [0.15, 0.2) is 91.4 Å². The highest BCUT2D eigenvalue weighted by molar-refractivity contribution is 7.52. The lowest BCUT2D eigenvalue weighted by Gasteiger charge is -2.24. The Bertz CT molecular complexity index is 1490. The van der Waals surface area contributed by atoms with Gasteiger partial charge in [0.05, 0.1) is 18.0 Å². The molecule has 202 valence electrons. The lowest BCUT2D eigenvalue weighted by Crippen LogP contribution is -2.35. The number of nitrogens with one attached hydrogen (secondary N) is 1. The normalized spacial score (nSPS) is 19.0. The number of aromatic nitrogens is 3. The lowest BCUT2D eigenvalue weighted by molar-refractivity contribution is -0.146. The second-order valence-electron chi connectivity index (χ2n) is 9.31. The zero-order valence-electron chi connectivity index (χ0n) is 21.4. The van der Waals surface area contributed by atoms with E-state index in [1.165, 1.54) is 6.33 Å². The molecule has 1 aliphatic carbocycles. The summed E-state index contributed by atoms with van der Waals surface area (Å²) in [5, 5.41) is 3.54. The molecule has 2 aromatic carbocycles. The number of anilines is 1. The van der Waals surface area contributed by atoms with Gasteiger partial charge in [0.25, 0.3) is 0 Å². The van der Waals surface area contributed by atoms with Crippen molar-refractivity contribution in [3.63, 3.8) is 0 Å². The van der Waals surface area contributed by atoms with Gasteiger partial charge in [-0.25, -0.2) is 14.5 Å². The Morgan fingerprint density at radius 3 is 2.62 bits per heavy atom. The summed E-state index contributed by atoms with van der Waals surface area (Å²) in [6.45, 7) is 1.79. The van der Waals surface area contributed by atoms with E-state index in [4.69, 9.17) is 19.5 Å². The maximum Gasteiger partial charge on any atom is 0.459 e. The predicted octanol–water partition coefficient (Wildman–Crippen LogP) is 5.06. The van der Waals surface area contributed by atoms with Crippen molar-refractivity contribution in [3.05, 3.63) is 97.0 Å². The van der Waals surface area contributed by atoms with Crippen molar-refractivity contribution in [3.8, 4) is 5.75 Å². The minimum Gasteiger partial charge on any atom is -0.460 e. The average Bonchev–Trinajstić information content (AvgIpc) is 3.59. The summed E-state index contributed by atoms with van der Waals surface area (Å²) in [5.74, 6) is 0.179. The van der Waals surface area contributed by atoms with Crippen molar-refractivity contribution >= 4 is 30.6 Å². The predicted molar refractivity (Wildman–Crippen MR) is 148 cm³/mol. The molecule has 0 aliphatic heterocycles. The van der Waals surface area contributed by atoms with Crippen LogP contribution >= 0.6 is 7.75 Å². The summed E-state index contributed by atoms with van der Waals surface area (Å²) < 4.78 is 32.9. The summed E-state index contributed by atoms with van der Waals surface area (Å²) in [6, 6.07) is 19.0. The fourth-order valence-corrected chi connectivity index (χ4v) is 5.93. The van der Waals surface area contributed by atoms with Crippen molar-refractivity contribution in [2.45, 2.75) is 32.0 Å². The second kappa shape index (κ2) is 11.8. The molecule has 0 amide bonds. The van der Waals surface area contributed by atoms with E-state index >= 15 is 0 Å². The number of nitrogens with two attached hydrogens (primary N) is 1. The summed E-state index contributed by atoms with van der Waals surface area (Å²) >= 11 is 0. The number of esters is 1. The first-order valence-electron chi connectivity index (χ1n) is 12.6. The Labute approximate surface area is 226 Å². The molecular weight excluding hydrogens is 517 g/mol. The summed E-state index contributed by atoms with van der Waals surface area (Å²) in [6.07, 6.45) is 8.16. The van der Waals surface area contributed by atoms with Crippen LogP contribution in [0.25, 0.3) is 11.0 Å². The summed E-state index contributed by atoms with van der Waals surface area (Å²) in [7, 11) is -3.95. The van der Waals surface area contributed by atoms with Crippen LogP contribution in [-0.2, 0) is 25.2 Å². The van der Waals surface area contributed by atoms with Crippen LogP contribution < -0.4 is 15.3 Å². The molecule has 0 fully saturated rings. The molecule has 39 heavy (non-hydrogen) atoms. The maximum absolute atomic E-state index is 13.8. The van der Waals surface area contributed by atoms with Crippen LogP contribution in [0.4, 0.5) is 5.82 Å². The van der Waals surface area contributed by atoms with Crippen molar-refractivity contribution in [2.24, 2.45) is 5.92 Å². The van der Waals surface area contributed by atoms with Crippen LogP contribution in [0.3, 0.4) is 0 Å². The zero-order valence-corrected chi connectivity index (χ0v) is 22.3. The molecule has 4 aromatic rings. The highest BCUT2D eigenvalue weighted by Gasteiger charge is 2.34. The van der Waals surface area contributed by atoms with E-state index in [0.717, 1.165) is 16.6 Å². The molecule has 1 aliphatic rings. The van der Waals surface area contributed by atoms with Gasteiger partial charge in [0.15, 0.2) is 0 Å². The molecule has 2 heterocycles. The lowest BCUT2D eigenvalue weighted by atomic mass is 10.1. The number of benzene rings is 2. The average molecular weight is 548 g/mol. The van der Waals surface area contributed by atoms with E-state index < -0.39 is 19.8 Å². The number of carbonyl (C=O) groups is 1. The number of para-hydroxylation sites is 1. The van der Waals surface area contributed by atoms with Crippen LogP contribution in [0.5, 0.6) is 5.75 Å². The van der Waals surface area contributed by atoms with Crippen molar-refractivity contribution in [1.29, 1.82) is 0 Å². The number of carbonyl (C=O) groups excluding carboxylic acids is 1. The maximum atomic E-state index is 13.8. The third-order valence-electron chi connectivity index (χ3n) is 6.40. The molecule has 10 nitrogen and oxygen atoms in total. The molecule has 2 aromatic heterocycles. The first-order valence-corrected chi connectivity index (χ1v) is 14.2. The highest BCUT2D eigenvalue weighted by Crippen LogP contribution is 2.46. The number of nitrogens with zero attached hydrogens (tertiary/aromatic N) is 3. The van der Waals surface area contributed by atoms with E-state index in [0.29, 0.717) is 18.0 Å². The van der Waals surface area contributed by atoms with Gasteiger partial charge in [0, 0.05) is 12.1 Å². The first-order chi connectivity index (χ1) is 18.9. The highest BCUT2D eigenvalue weighted by atomic mass is 31.2. The Kier molecular flexibility index (Phi) is 8.07. The summed E-state index contributed by atoms with van der Waals surface area (Å²) in [4.78, 5) is 21.1. The summed E-state index contributed by atoms with van der Waals surface area (Å²) in [5.41, 5.74) is 7.58. The smallest absolute Gasteiger partial charge is 0.459 e. The van der Waals surface area contributed by atoms with Gasteiger partial charge in [-0.05, 0) is 37.1 Å². The standard InChI is InChI=1S/C28H30N5O5P/c1-20(28(34)36-17-21-8-4-2-5-9-21)32-39(35,38-24-10-6-3-7-11-24)37-18-22-12-13-23(16-22)33-15-14-25-26(29)30-19-31-27(25)33/h2-15,19-20,22-23H,16-18H2,1H3,(H,32,35)(H2,29,30,31)/t20-,22+,23-,39?/m0/s1. The van der Waals surface area contributed by atoms with E-state index in [-0.39, 0.29) is 25.2 Å². The second-order valence-corrected chi connectivity index (χ2v) is 11.0. The quantitative estimate of drug-likeness (QED) is 0.150. The van der Waals surface area contributed by atoms with Gasteiger partial charge < -0.3 is 19.6 Å². The Hall–Kier alpha value is -3.98. The van der Waals surface area contributed by atoms with Gasteiger partial charge in [-0.3, -0.25) is 9.32 Å². The Morgan fingerprint density at radius 2 is 1.85 bits per heavy atom. The molecule has 0 saturated carbocycles. The molecule has 4 atom stereocenters. The number of allylic oxidation sites excluding steroid dienone is 1. The number of ether oxygens (including phenoxy) is 1. The molecule has 0 spiro atoms. The Balaban J connectivity index is 1.23. The van der Waals surface area contributed by atoms with Crippen molar-refractivity contribution in [1.82, 2.24) is 19.6 Å². The van der Waals surface area contributed by atoms with E-state index in [2.05, 4.69) is 21.1 Å². The fourth-order valence-electron chi connectivity index (χ4n) is 4.39. The van der Waals surface area contributed by atoms with Crippen LogP contribution in [0.1, 0.15) is 24.9 Å². The third kappa shape index (κ3) is 6.54. The third-order valence-corrected chi connectivity index (χ3v) is 8.05. The minimum atomic E-state index is -3.95. The van der Waals surface area contributed by atoms with Crippen LogP contribution in [0.2, 0.25) is 0 Å². The van der Waals surface area contributed by atoms with Crippen molar-refractivity contribution < 1.29 is 23.1 Å². The van der Waals surface area contributed by atoms with Gasteiger partial charge in [-0.15, -0.1) is 0 Å². The van der Waals surface area contributed by atoms with Crippen molar-refractivity contribution in [2.75, 3.05) is 12.3 Å². The van der Waals surface area contributed by atoms with E-state index in [1.54, 1.807) is 31.2 Å². The zero-order chi connectivity index (χ0) is 27.2. The molecule has 5 rings (SSSR count). The molecule has 3 N–H and O–H groups in total. The van der Waals surface area contributed by atoms with E-state index in [9.17, 15) is 9.36 Å². The van der Waals surface area contributed by atoms with Gasteiger partial charge in [0.1, 0.15) is 36.2 Å². The molecule has 0 bridgehead atoms. The monoisotopic (exact) mass is 547 g/mol. The topological polar surface area (TPSA) is 131 Å². The van der Waals surface area contributed by atoms with Gasteiger partial charge in [0.2, 0.25) is 0 Å². The Morgan fingerprint density at radius 1 is 1.10 bits per heavy atom. The number of hydrogen-bond acceptors (Lipinski definition) is 8. The van der Waals surface area contributed by atoms with E-state index in [1.807, 2.05) is 59.3 Å². The molecule has 0 saturated heterocycles. The van der Waals surface area contributed by atoms with Gasteiger partial charge in [-0.2, -0.15) is 5.09 Å². The minimum absolute atomic E-state index is 0.0275. The molecule has 1 unspecified atom stereocenters. The fraction of sp³-hybridized carbons (Fsp3) is 0.250. The van der Waals surface area contributed by atoms with Crippen LogP contribution in [-0.4, -0.2) is 33.2 Å². The first kappa shape index (κ1) is 26.6. The van der Waals surface area contributed by atoms with Crippen LogP contribution in [0, 0.1) is 5.92 Å². The molecular formula is C28H30N5O5P. The largest absolute Gasteiger partial charge is 0.460 e. The van der Waals surface area contributed by atoms with Gasteiger partial charge in [-0.1, -0.05) is 60.7 Å². The molecule has 0 radical (unpaired) electrons. The SMILES string of the molecule is C[C@H](NP(=O)(OC[C@@H]1C=C[C@H](n2ccc3c(N)ncnc32)C1)Oc1ccccc1)C(=O)OCc1ccccc1. The van der Waals surface area contributed by atoms with Gasteiger partial charge >= 0.3 is 13.7 Å². The number of fused-ring (bicyclic) bond motifs is 1.